The van der Waals surface area contributed by atoms with Gasteiger partial charge in [0.15, 0.2) is 5.67 Å². The molecule has 2 heterocycles. The zero-order valence-electron chi connectivity index (χ0n) is 16.9. The van der Waals surface area contributed by atoms with Gasteiger partial charge in [-0.25, -0.2) is 4.39 Å². The molecular weight excluding hydrogens is 391 g/mol. The zero-order chi connectivity index (χ0) is 20.3. The van der Waals surface area contributed by atoms with Gasteiger partial charge in [0.1, 0.15) is 0 Å². The van der Waals surface area contributed by atoms with Gasteiger partial charge in [-0.05, 0) is 24.5 Å². The Kier molecular flexibility index (Phi) is 6.45. The van der Waals surface area contributed by atoms with Crippen LogP contribution in [0, 0.1) is 5.92 Å². The van der Waals surface area contributed by atoms with Crippen molar-refractivity contribution in [1.82, 2.24) is 9.88 Å². The summed E-state index contributed by atoms with van der Waals surface area (Å²) in [6.07, 6.45) is 11.1. The molecule has 158 valence electrons. The summed E-state index contributed by atoms with van der Waals surface area (Å²) < 4.78 is 21.3. The molecule has 4 rings (SSSR count). The fourth-order valence-corrected chi connectivity index (χ4v) is 4.86. The van der Waals surface area contributed by atoms with E-state index in [2.05, 4.69) is 5.32 Å². The predicted octanol–water partition coefficient (Wildman–Crippen LogP) is 5.51. The number of carbonyl (C=O) groups is 1. The number of nitrogens with one attached hydrogen (secondary N) is 1. The Morgan fingerprint density at radius 3 is 2.69 bits per heavy atom. The van der Waals surface area contributed by atoms with E-state index in [-0.39, 0.29) is 19.1 Å². The first kappa shape index (κ1) is 20.7. The summed E-state index contributed by atoms with van der Waals surface area (Å²) in [5.41, 5.74) is 0.190. The van der Waals surface area contributed by atoms with E-state index in [4.69, 9.17) is 16.3 Å². The highest BCUT2D eigenvalue weighted by Crippen LogP contribution is 2.32. The van der Waals surface area contributed by atoms with Crippen molar-refractivity contribution in [2.75, 3.05) is 19.8 Å². The molecule has 0 unspecified atom stereocenters. The van der Waals surface area contributed by atoms with E-state index < -0.39 is 5.67 Å². The highest BCUT2D eigenvalue weighted by Gasteiger charge is 2.38. The molecule has 29 heavy (non-hydrogen) atoms. The fourth-order valence-electron chi connectivity index (χ4n) is 4.59. The van der Waals surface area contributed by atoms with Crippen LogP contribution in [0.2, 0.25) is 5.02 Å². The van der Waals surface area contributed by atoms with Crippen molar-refractivity contribution >= 4 is 28.4 Å². The Bertz CT molecular complexity index is 854. The van der Waals surface area contributed by atoms with Gasteiger partial charge in [0.25, 0.3) is 5.91 Å². The van der Waals surface area contributed by atoms with Crippen LogP contribution in [0.1, 0.15) is 61.7 Å². The van der Waals surface area contributed by atoms with Crippen LogP contribution in [0.25, 0.3) is 10.9 Å². The summed E-state index contributed by atoms with van der Waals surface area (Å²) in [5.74, 6) is 0.616. The molecule has 6 heteroatoms. The average Bonchev–Trinajstić information content (AvgIpc) is 2.87. The Hall–Kier alpha value is -1.59. The summed E-state index contributed by atoms with van der Waals surface area (Å²) >= 11 is 6.43. The summed E-state index contributed by atoms with van der Waals surface area (Å²) in [6, 6.07) is 5.60. The molecule has 0 spiro atoms. The molecule has 1 aromatic heterocycles. The number of hydrogen-bond donors (Lipinski definition) is 1. The Morgan fingerprint density at radius 1 is 1.24 bits per heavy atom. The van der Waals surface area contributed by atoms with Gasteiger partial charge in [-0.15, -0.1) is 0 Å². The minimum Gasteiger partial charge on any atom is -0.375 e. The molecule has 0 atom stereocenters. The second-order valence-electron chi connectivity index (χ2n) is 8.67. The van der Waals surface area contributed by atoms with Gasteiger partial charge < -0.3 is 14.6 Å². The van der Waals surface area contributed by atoms with Crippen molar-refractivity contribution in [2.45, 2.75) is 63.6 Å². The summed E-state index contributed by atoms with van der Waals surface area (Å²) in [5, 5.41) is 4.39. The van der Waals surface area contributed by atoms with Crippen molar-refractivity contribution in [1.29, 1.82) is 0 Å². The molecule has 1 amide bonds. The number of aryl methyl sites for hydroxylation is 1. The lowest BCUT2D eigenvalue weighted by molar-refractivity contribution is -0.134. The largest absolute Gasteiger partial charge is 0.375 e. The highest BCUT2D eigenvalue weighted by atomic mass is 35.5. The molecule has 1 saturated carbocycles. The first-order chi connectivity index (χ1) is 14.1. The van der Waals surface area contributed by atoms with Gasteiger partial charge in [0.2, 0.25) is 0 Å². The summed E-state index contributed by atoms with van der Waals surface area (Å²) in [6.45, 7) is 1.49. The van der Waals surface area contributed by atoms with Crippen LogP contribution >= 0.6 is 11.6 Å². The lowest BCUT2D eigenvalue weighted by atomic mass is 9.97. The first-order valence-electron chi connectivity index (χ1n) is 10.9. The molecule has 1 aliphatic heterocycles. The number of aromatic nitrogens is 1. The van der Waals surface area contributed by atoms with Gasteiger partial charge >= 0.3 is 0 Å². The Morgan fingerprint density at radius 2 is 2.00 bits per heavy atom. The van der Waals surface area contributed by atoms with E-state index in [0.717, 1.165) is 17.3 Å². The van der Waals surface area contributed by atoms with E-state index in [9.17, 15) is 9.18 Å². The molecule has 1 saturated heterocycles. The standard InChI is InChI=1S/C23H30ClFN2O2/c24-19-8-5-9-20-21(19)18(14-27(20)13-11-23(25)15-29-16-23)22(28)26-12-10-17-6-3-1-2-4-7-17/h5,8-9,14,17H,1-4,6-7,10-13,15-16H2,(H,26,28). The lowest BCUT2D eigenvalue weighted by Crippen LogP contribution is -2.46. The number of benzene rings is 1. The monoisotopic (exact) mass is 420 g/mol. The maximum Gasteiger partial charge on any atom is 0.253 e. The predicted molar refractivity (Wildman–Crippen MR) is 114 cm³/mol. The minimum atomic E-state index is -1.25. The van der Waals surface area contributed by atoms with Crippen molar-refractivity contribution in [3.8, 4) is 0 Å². The smallest absolute Gasteiger partial charge is 0.253 e. The first-order valence-corrected chi connectivity index (χ1v) is 11.3. The van der Waals surface area contributed by atoms with Gasteiger partial charge in [0.05, 0.1) is 29.3 Å². The fraction of sp³-hybridized carbons (Fsp3) is 0.609. The van der Waals surface area contributed by atoms with E-state index in [0.29, 0.717) is 36.0 Å². The number of alkyl halides is 1. The van der Waals surface area contributed by atoms with E-state index >= 15 is 0 Å². The minimum absolute atomic E-state index is 0.0996. The molecule has 0 bridgehead atoms. The van der Waals surface area contributed by atoms with E-state index in [1.807, 2.05) is 22.9 Å². The van der Waals surface area contributed by atoms with Crippen LogP contribution in [0.15, 0.2) is 24.4 Å². The van der Waals surface area contributed by atoms with Crippen molar-refractivity contribution in [2.24, 2.45) is 5.92 Å². The number of carbonyl (C=O) groups excluding carboxylic acids is 1. The Labute approximate surface area is 176 Å². The topological polar surface area (TPSA) is 43.3 Å². The van der Waals surface area contributed by atoms with Crippen LogP contribution in [-0.4, -0.2) is 35.9 Å². The van der Waals surface area contributed by atoms with Crippen molar-refractivity contribution in [3.05, 3.63) is 35.0 Å². The molecule has 2 aliphatic rings. The number of amides is 1. The van der Waals surface area contributed by atoms with Gasteiger partial charge in [-0.1, -0.05) is 56.2 Å². The molecule has 1 aromatic carbocycles. The second kappa shape index (κ2) is 9.05. The number of ether oxygens (including phenoxy) is 1. The third-order valence-corrected chi connectivity index (χ3v) is 6.75. The van der Waals surface area contributed by atoms with Gasteiger partial charge in [0, 0.05) is 31.1 Å². The zero-order valence-corrected chi connectivity index (χ0v) is 17.6. The molecule has 2 aromatic rings. The van der Waals surface area contributed by atoms with Crippen LogP contribution in [0.5, 0.6) is 0 Å². The van der Waals surface area contributed by atoms with Crippen molar-refractivity contribution in [3.63, 3.8) is 0 Å². The van der Waals surface area contributed by atoms with E-state index in [1.165, 1.54) is 38.5 Å². The number of halogens is 2. The quantitative estimate of drug-likeness (QED) is 0.600. The lowest BCUT2D eigenvalue weighted by Gasteiger charge is -2.33. The molecule has 4 nitrogen and oxygen atoms in total. The van der Waals surface area contributed by atoms with E-state index in [1.54, 1.807) is 6.07 Å². The van der Waals surface area contributed by atoms with Crippen LogP contribution < -0.4 is 5.32 Å². The summed E-state index contributed by atoms with van der Waals surface area (Å²) in [7, 11) is 0. The third kappa shape index (κ3) is 4.77. The normalized spacial score (nSPS) is 19.7. The molecule has 2 fully saturated rings. The maximum atomic E-state index is 14.4. The SMILES string of the molecule is O=C(NCCC1CCCCCC1)c1cn(CCC2(F)COC2)c2cccc(Cl)c12. The maximum absolute atomic E-state index is 14.4. The molecule has 1 aliphatic carbocycles. The Balaban J connectivity index is 1.44. The number of nitrogens with zero attached hydrogens (tertiary/aromatic N) is 1. The second-order valence-corrected chi connectivity index (χ2v) is 9.07. The third-order valence-electron chi connectivity index (χ3n) is 6.44. The number of fused-ring (bicyclic) bond motifs is 1. The van der Waals surface area contributed by atoms with Crippen LogP contribution in [0.3, 0.4) is 0 Å². The molecule has 0 radical (unpaired) electrons. The number of hydrogen-bond acceptors (Lipinski definition) is 2. The van der Waals surface area contributed by atoms with Crippen LogP contribution in [-0.2, 0) is 11.3 Å². The molecule has 1 N–H and O–H groups in total. The number of rotatable bonds is 7. The average molecular weight is 421 g/mol. The van der Waals surface area contributed by atoms with Gasteiger partial charge in [-0.2, -0.15) is 0 Å². The van der Waals surface area contributed by atoms with Crippen LogP contribution in [0.4, 0.5) is 4.39 Å². The molecular formula is C23H30ClFN2O2. The van der Waals surface area contributed by atoms with Gasteiger partial charge in [-0.3, -0.25) is 4.79 Å². The van der Waals surface area contributed by atoms with Crippen molar-refractivity contribution < 1.29 is 13.9 Å². The highest BCUT2D eigenvalue weighted by molar-refractivity contribution is 6.36. The summed E-state index contributed by atoms with van der Waals surface area (Å²) in [4.78, 5) is 12.9.